The van der Waals surface area contributed by atoms with Crippen molar-refractivity contribution in [1.82, 2.24) is 14.9 Å². The van der Waals surface area contributed by atoms with Gasteiger partial charge in [-0.2, -0.15) is 4.98 Å². The van der Waals surface area contributed by atoms with Crippen LogP contribution >= 0.6 is 0 Å². The minimum absolute atomic E-state index is 0.0304. The van der Waals surface area contributed by atoms with Crippen molar-refractivity contribution in [2.45, 2.75) is 76.2 Å². The first-order valence-electron chi connectivity index (χ1n) is 14.8. The van der Waals surface area contributed by atoms with Gasteiger partial charge >= 0.3 is 0 Å². The average molecular weight is 548 g/mol. The van der Waals surface area contributed by atoms with Crippen LogP contribution in [0.25, 0.3) is 10.8 Å². The zero-order valence-corrected chi connectivity index (χ0v) is 23.5. The second kappa shape index (κ2) is 13.0. The van der Waals surface area contributed by atoms with E-state index in [2.05, 4.69) is 54.4 Å². The predicted octanol–water partition coefficient (Wildman–Crippen LogP) is 5.18. The van der Waals surface area contributed by atoms with E-state index >= 15 is 0 Å². The molecule has 1 aliphatic carbocycles. The summed E-state index contributed by atoms with van der Waals surface area (Å²) >= 11 is 0. The molecule has 0 unspecified atom stereocenters. The van der Waals surface area contributed by atoms with E-state index in [0.717, 1.165) is 38.5 Å². The number of aromatic hydroxyl groups is 1. The van der Waals surface area contributed by atoms with Crippen molar-refractivity contribution in [3.05, 3.63) is 59.5 Å². The van der Waals surface area contributed by atoms with Crippen molar-refractivity contribution >= 4 is 16.7 Å². The quantitative estimate of drug-likeness (QED) is 0.319. The standard InChI is InChI=1S/C32H41N3O5/c1-2-3-19-40-29-28(31(38)35(17-18-36)24-13-20-39-21-14-24)33-27(34-30(29)37)22-32(15-6-7-16-32)26-12-8-10-23-9-4-5-11-25(23)26/h4-5,8-12,24,36H,2-3,6-7,13-22H2,1H3,(H,33,34,37). The van der Waals surface area contributed by atoms with Gasteiger partial charge in [-0.05, 0) is 48.4 Å². The highest BCUT2D eigenvalue weighted by atomic mass is 16.5. The molecule has 1 saturated heterocycles. The first-order valence-corrected chi connectivity index (χ1v) is 14.8. The van der Waals surface area contributed by atoms with Crippen molar-refractivity contribution in [3.63, 3.8) is 0 Å². The molecule has 2 fully saturated rings. The van der Waals surface area contributed by atoms with E-state index in [-0.39, 0.29) is 47.8 Å². The van der Waals surface area contributed by atoms with Crippen molar-refractivity contribution in [3.8, 4) is 11.6 Å². The molecule has 40 heavy (non-hydrogen) atoms. The van der Waals surface area contributed by atoms with Gasteiger partial charge in [-0.3, -0.25) is 4.79 Å². The zero-order chi connectivity index (χ0) is 28.0. The fraction of sp³-hybridized carbons (Fsp3) is 0.531. The van der Waals surface area contributed by atoms with E-state index in [1.54, 1.807) is 4.90 Å². The number of benzene rings is 2. The number of amides is 1. The van der Waals surface area contributed by atoms with Gasteiger partial charge in [0.2, 0.25) is 5.75 Å². The number of aliphatic hydroxyl groups excluding tert-OH is 1. The Balaban J connectivity index is 1.55. The van der Waals surface area contributed by atoms with Gasteiger partial charge in [0.05, 0.1) is 13.2 Å². The first kappa shape index (κ1) is 28.3. The topological polar surface area (TPSA) is 105 Å². The number of hydrogen-bond acceptors (Lipinski definition) is 7. The fourth-order valence-corrected chi connectivity index (χ4v) is 6.43. The number of aliphatic hydroxyl groups is 1. The molecule has 1 amide bonds. The maximum Gasteiger partial charge on any atom is 0.276 e. The summed E-state index contributed by atoms with van der Waals surface area (Å²) in [7, 11) is 0. The minimum Gasteiger partial charge on any atom is -0.491 e. The van der Waals surface area contributed by atoms with Gasteiger partial charge < -0.3 is 24.6 Å². The monoisotopic (exact) mass is 547 g/mol. The summed E-state index contributed by atoms with van der Waals surface area (Å²) in [5.74, 6) is -0.180. The second-order valence-corrected chi connectivity index (χ2v) is 11.1. The Labute approximate surface area is 236 Å². The van der Waals surface area contributed by atoms with Crippen molar-refractivity contribution in [2.75, 3.05) is 33.0 Å². The van der Waals surface area contributed by atoms with Crippen LogP contribution < -0.4 is 4.74 Å². The molecule has 5 rings (SSSR count). The number of hydrogen-bond donors (Lipinski definition) is 2. The maximum atomic E-state index is 14.0. The second-order valence-electron chi connectivity index (χ2n) is 11.1. The van der Waals surface area contributed by atoms with Crippen molar-refractivity contribution in [2.24, 2.45) is 0 Å². The lowest BCUT2D eigenvalue weighted by Crippen LogP contribution is -2.45. The largest absolute Gasteiger partial charge is 0.491 e. The smallest absolute Gasteiger partial charge is 0.276 e. The molecule has 8 nitrogen and oxygen atoms in total. The number of rotatable bonds is 11. The van der Waals surface area contributed by atoms with Crippen LogP contribution in [0.2, 0.25) is 0 Å². The van der Waals surface area contributed by atoms with Crippen LogP contribution in [0.4, 0.5) is 0 Å². The summed E-state index contributed by atoms with van der Waals surface area (Å²) < 4.78 is 11.4. The van der Waals surface area contributed by atoms with Gasteiger partial charge in [0.1, 0.15) is 5.82 Å². The normalized spacial score (nSPS) is 17.2. The summed E-state index contributed by atoms with van der Waals surface area (Å²) in [5, 5.41) is 23.4. The third-order valence-electron chi connectivity index (χ3n) is 8.49. The van der Waals surface area contributed by atoms with Crippen LogP contribution in [-0.4, -0.2) is 70.0 Å². The molecule has 0 bridgehead atoms. The van der Waals surface area contributed by atoms with E-state index in [0.29, 0.717) is 44.9 Å². The number of carbonyl (C=O) groups excluding carboxylic acids is 1. The number of fused-ring (bicyclic) bond motifs is 1. The highest BCUT2D eigenvalue weighted by Crippen LogP contribution is 2.46. The SMILES string of the molecule is CCCCOc1c(O)nc(CC2(c3cccc4ccccc34)CCCC2)nc1C(=O)N(CCO)C1CCOCC1. The van der Waals surface area contributed by atoms with Gasteiger partial charge in [-0.1, -0.05) is 68.7 Å². The lowest BCUT2D eigenvalue weighted by Gasteiger charge is -2.34. The van der Waals surface area contributed by atoms with E-state index in [1.165, 1.54) is 16.3 Å². The highest BCUT2D eigenvalue weighted by molar-refractivity contribution is 5.96. The molecule has 0 atom stereocenters. The van der Waals surface area contributed by atoms with Gasteiger partial charge in [0, 0.05) is 37.6 Å². The van der Waals surface area contributed by atoms with E-state index in [4.69, 9.17) is 14.5 Å². The zero-order valence-electron chi connectivity index (χ0n) is 23.5. The third kappa shape index (κ3) is 5.93. The first-order chi connectivity index (χ1) is 19.6. The van der Waals surface area contributed by atoms with Crippen LogP contribution in [0.5, 0.6) is 11.6 Å². The predicted molar refractivity (Wildman–Crippen MR) is 154 cm³/mol. The summed E-state index contributed by atoms with van der Waals surface area (Å²) in [4.78, 5) is 25.0. The highest BCUT2D eigenvalue weighted by Gasteiger charge is 2.39. The van der Waals surface area contributed by atoms with Crippen LogP contribution in [-0.2, 0) is 16.6 Å². The fourth-order valence-electron chi connectivity index (χ4n) is 6.43. The average Bonchev–Trinajstić information content (AvgIpc) is 3.46. The minimum atomic E-state index is -0.350. The van der Waals surface area contributed by atoms with Gasteiger partial charge in [-0.15, -0.1) is 0 Å². The maximum absolute atomic E-state index is 14.0. The molecule has 1 saturated carbocycles. The summed E-state index contributed by atoms with van der Waals surface area (Å²) in [5.41, 5.74) is 1.15. The van der Waals surface area contributed by atoms with Crippen molar-refractivity contribution in [1.29, 1.82) is 0 Å². The number of carbonyl (C=O) groups is 1. The number of nitrogens with zero attached hydrogens (tertiary/aromatic N) is 3. The molecule has 0 spiro atoms. The number of aromatic nitrogens is 2. The Kier molecular flexibility index (Phi) is 9.17. The van der Waals surface area contributed by atoms with Crippen molar-refractivity contribution < 1.29 is 24.5 Å². The lowest BCUT2D eigenvalue weighted by atomic mass is 9.74. The van der Waals surface area contributed by atoms with Crippen LogP contribution in [0.15, 0.2) is 42.5 Å². The molecule has 8 heteroatoms. The molecule has 2 heterocycles. The lowest BCUT2D eigenvalue weighted by molar-refractivity contribution is 0.0240. The molecule has 214 valence electrons. The molecule has 0 radical (unpaired) electrons. The molecule has 2 N–H and O–H groups in total. The molecular weight excluding hydrogens is 506 g/mol. The Morgan fingerprint density at radius 1 is 1.10 bits per heavy atom. The molecule has 2 aromatic carbocycles. The Hall–Kier alpha value is -3.23. The van der Waals surface area contributed by atoms with E-state index in [1.807, 2.05) is 0 Å². The van der Waals surface area contributed by atoms with Gasteiger partial charge in [0.25, 0.3) is 11.8 Å². The Morgan fingerprint density at radius 2 is 1.85 bits per heavy atom. The van der Waals surface area contributed by atoms with Gasteiger partial charge in [0.15, 0.2) is 5.69 Å². The van der Waals surface area contributed by atoms with Gasteiger partial charge in [-0.25, -0.2) is 4.98 Å². The Bertz CT molecular complexity index is 1300. The Morgan fingerprint density at radius 3 is 2.60 bits per heavy atom. The molecular formula is C32H41N3O5. The van der Waals surface area contributed by atoms with Crippen LogP contribution in [0.1, 0.15) is 80.2 Å². The summed E-state index contributed by atoms with van der Waals surface area (Å²) in [6.07, 6.45) is 7.76. The third-order valence-corrected chi connectivity index (χ3v) is 8.49. The van der Waals surface area contributed by atoms with Crippen LogP contribution in [0.3, 0.4) is 0 Å². The molecule has 3 aromatic rings. The molecule has 1 aliphatic heterocycles. The van der Waals surface area contributed by atoms with E-state index < -0.39 is 0 Å². The molecule has 2 aliphatic rings. The summed E-state index contributed by atoms with van der Waals surface area (Å²) in [6.45, 7) is 3.55. The number of ether oxygens (including phenoxy) is 2. The van der Waals surface area contributed by atoms with Crippen LogP contribution in [0, 0.1) is 0 Å². The molecule has 1 aromatic heterocycles. The summed E-state index contributed by atoms with van der Waals surface area (Å²) in [6, 6.07) is 14.8. The number of unbranched alkanes of at least 4 members (excludes halogenated alkanes) is 1. The van der Waals surface area contributed by atoms with E-state index in [9.17, 15) is 15.0 Å².